The number of rotatable bonds is 4. The fraction of sp³-hybridized carbons (Fsp3) is 0.200. The summed E-state index contributed by atoms with van der Waals surface area (Å²) in [7, 11) is 1.35. The van der Waals surface area contributed by atoms with Crippen molar-refractivity contribution in [2.24, 2.45) is 0 Å². The molecule has 0 spiro atoms. The van der Waals surface area contributed by atoms with Crippen molar-refractivity contribution in [1.82, 2.24) is 14.3 Å². The maximum Gasteiger partial charge on any atom is 0.339 e. The first-order valence-electron chi connectivity index (χ1n) is 4.72. The zero-order chi connectivity index (χ0) is 12.1. The highest BCUT2D eigenvalue weighted by Crippen LogP contribution is 2.22. The Morgan fingerprint density at radius 1 is 1.47 bits per heavy atom. The summed E-state index contributed by atoms with van der Waals surface area (Å²) in [5, 5.41) is 0. The highest BCUT2D eigenvalue weighted by molar-refractivity contribution is 8.00. The minimum atomic E-state index is -0.374. The molecule has 0 saturated heterocycles. The van der Waals surface area contributed by atoms with Gasteiger partial charge in [-0.15, -0.1) is 0 Å². The lowest BCUT2D eigenvalue weighted by atomic mass is 10.2. The first-order chi connectivity index (χ1) is 8.29. The number of esters is 1. The zero-order valence-electron chi connectivity index (χ0n) is 8.99. The van der Waals surface area contributed by atoms with Crippen LogP contribution in [-0.4, -0.2) is 27.4 Å². The summed E-state index contributed by atoms with van der Waals surface area (Å²) >= 11 is 2.92. The van der Waals surface area contributed by atoms with Gasteiger partial charge in [0.2, 0.25) is 0 Å². The number of pyridine rings is 1. The molecular formula is C10H9N3O2S2. The molecule has 0 N–H and O–H groups in total. The van der Waals surface area contributed by atoms with Crippen molar-refractivity contribution >= 4 is 29.3 Å². The van der Waals surface area contributed by atoms with Gasteiger partial charge < -0.3 is 4.74 Å². The number of methoxy groups -OCH3 is 1. The van der Waals surface area contributed by atoms with Gasteiger partial charge in [-0.2, -0.15) is 4.37 Å². The standard InChI is InChI=1S/C10H9N3O2S2/c1-15-9(14)7-2-3-8(11-4-7)5-16-10-12-6-13-17-10/h2-4,6H,5H2,1H3. The minimum Gasteiger partial charge on any atom is -0.465 e. The van der Waals surface area contributed by atoms with Gasteiger partial charge in [-0.25, -0.2) is 9.78 Å². The highest BCUT2D eigenvalue weighted by atomic mass is 32.2. The first kappa shape index (κ1) is 12.0. The molecule has 0 aliphatic carbocycles. The first-order valence-corrected chi connectivity index (χ1v) is 6.48. The van der Waals surface area contributed by atoms with E-state index in [1.807, 2.05) is 0 Å². The van der Waals surface area contributed by atoms with Crippen LogP contribution >= 0.6 is 23.3 Å². The van der Waals surface area contributed by atoms with E-state index in [4.69, 9.17) is 0 Å². The Hall–Kier alpha value is -1.47. The molecule has 7 heteroatoms. The predicted octanol–water partition coefficient (Wildman–Crippen LogP) is 2.01. The van der Waals surface area contributed by atoms with E-state index in [9.17, 15) is 4.79 Å². The van der Waals surface area contributed by atoms with E-state index in [1.54, 1.807) is 23.9 Å². The zero-order valence-corrected chi connectivity index (χ0v) is 10.6. The van der Waals surface area contributed by atoms with Crippen LogP contribution in [-0.2, 0) is 10.5 Å². The van der Waals surface area contributed by atoms with Crippen LogP contribution in [0.2, 0.25) is 0 Å². The number of hydrogen-bond acceptors (Lipinski definition) is 7. The molecule has 0 radical (unpaired) electrons. The van der Waals surface area contributed by atoms with Crippen LogP contribution in [0.5, 0.6) is 0 Å². The van der Waals surface area contributed by atoms with Crippen LogP contribution in [0.3, 0.4) is 0 Å². The van der Waals surface area contributed by atoms with Gasteiger partial charge in [0.25, 0.3) is 0 Å². The molecular weight excluding hydrogens is 258 g/mol. The molecule has 2 rings (SSSR count). The normalized spacial score (nSPS) is 10.2. The number of carbonyl (C=O) groups is 1. The van der Waals surface area contributed by atoms with Crippen molar-refractivity contribution < 1.29 is 9.53 Å². The summed E-state index contributed by atoms with van der Waals surface area (Å²) in [5.74, 6) is 0.331. The second-order valence-corrected chi connectivity index (χ2v) is 5.03. The molecule has 2 heterocycles. The van der Waals surface area contributed by atoms with Crippen LogP contribution in [0.1, 0.15) is 16.1 Å². The molecule has 0 atom stereocenters. The van der Waals surface area contributed by atoms with Crippen molar-refractivity contribution in [2.75, 3.05) is 7.11 Å². The molecule has 0 saturated carbocycles. The molecule has 0 unspecified atom stereocenters. The lowest BCUT2D eigenvalue weighted by Gasteiger charge is -2.00. The number of ether oxygens (including phenoxy) is 1. The summed E-state index contributed by atoms with van der Waals surface area (Å²) in [6.45, 7) is 0. The van der Waals surface area contributed by atoms with Crippen molar-refractivity contribution in [2.45, 2.75) is 10.1 Å². The summed E-state index contributed by atoms with van der Waals surface area (Å²) in [6.07, 6.45) is 3.04. The van der Waals surface area contributed by atoms with Crippen LogP contribution in [0.15, 0.2) is 29.0 Å². The van der Waals surface area contributed by atoms with E-state index in [1.165, 1.54) is 31.2 Å². The van der Waals surface area contributed by atoms with Gasteiger partial charge in [-0.1, -0.05) is 11.8 Å². The quantitative estimate of drug-likeness (QED) is 0.623. The molecule has 2 aromatic heterocycles. The van der Waals surface area contributed by atoms with Crippen LogP contribution in [0.4, 0.5) is 0 Å². The molecule has 0 aromatic carbocycles. The second-order valence-electron chi connectivity index (χ2n) is 3.03. The third-order valence-electron chi connectivity index (χ3n) is 1.93. The van der Waals surface area contributed by atoms with Gasteiger partial charge >= 0.3 is 5.97 Å². The van der Waals surface area contributed by atoms with Gasteiger partial charge in [-0.3, -0.25) is 4.98 Å². The Kier molecular flexibility index (Phi) is 4.05. The van der Waals surface area contributed by atoms with Gasteiger partial charge in [0.1, 0.15) is 6.33 Å². The van der Waals surface area contributed by atoms with E-state index in [2.05, 4.69) is 19.1 Å². The number of thioether (sulfide) groups is 1. The van der Waals surface area contributed by atoms with Crippen molar-refractivity contribution in [1.29, 1.82) is 0 Å². The molecule has 0 aliphatic rings. The van der Waals surface area contributed by atoms with E-state index in [0.29, 0.717) is 11.3 Å². The van der Waals surface area contributed by atoms with E-state index in [0.717, 1.165) is 10.0 Å². The lowest BCUT2D eigenvalue weighted by molar-refractivity contribution is 0.0600. The van der Waals surface area contributed by atoms with Gasteiger partial charge in [0, 0.05) is 11.9 Å². The van der Waals surface area contributed by atoms with Crippen molar-refractivity contribution in [3.63, 3.8) is 0 Å². The third kappa shape index (κ3) is 3.24. The maximum absolute atomic E-state index is 11.2. The molecule has 0 aliphatic heterocycles. The monoisotopic (exact) mass is 267 g/mol. The SMILES string of the molecule is COC(=O)c1ccc(CSc2ncns2)nc1. The number of nitrogens with zero attached hydrogens (tertiary/aromatic N) is 3. The largest absolute Gasteiger partial charge is 0.465 e. The second kappa shape index (κ2) is 5.74. The average molecular weight is 267 g/mol. The fourth-order valence-corrected chi connectivity index (χ4v) is 2.47. The summed E-state index contributed by atoms with van der Waals surface area (Å²) < 4.78 is 9.41. The Morgan fingerprint density at radius 2 is 2.35 bits per heavy atom. The van der Waals surface area contributed by atoms with E-state index >= 15 is 0 Å². The number of hydrogen-bond donors (Lipinski definition) is 0. The molecule has 0 fully saturated rings. The predicted molar refractivity (Wildman–Crippen MR) is 65.0 cm³/mol. The summed E-state index contributed by atoms with van der Waals surface area (Å²) in [5.41, 5.74) is 1.34. The molecule has 5 nitrogen and oxygen atoms in total. The fourth-order valence-electron chi connectivity index (χ4n) is 1.11. The van der Waals surface area contributed by atoms with Gasteiger partial charge in [-0.05, 0) is 23.7 Å². The third-order valence-corrected chi connectivity index (χ3v) is 3.76. The van der Waals surface area contributed by atoms with Crippen molar-refractivity contribution in [3.8, 4) is 0 Å². The Labute approximate surface area is 106 Å². The van der Waals surface area contributed by atoms with E-state index < -0.39 is 0 Å². The lowest BCUT2D eigenvalue weighted by Crippen LogP contribution is -2.02. The molecule has 0 bridgehead atoms. The van der Waals surface area contributed by atoms with Crippen LogP contribution in [0, 0.1) is 0 Å². The average Bonchev–Trinajstić information content (AvgIpc) is 2.89. The van der Waals surface area contributed by atoms with Crippen molar-refractivity contribution in [3.05, 3.63) is 35.9 Å². The van der Waals surface area contributed by atoms with Gasteiger partial charge in [0.15, 0.2) is 4.34 Å². The Balaban J connectivity index is 1.96. The minimum absolute atomic E-state index is 0.374. The Bertz CT molecular complexity index is 485. The Morgan fingerprint density at radius 3 is 2.94 bits per heavy atom. The van der Waals surface area contributed by atoms with E-state index in [-0.39, 0.29) is 5.97 Å². The smallest absolute Gasteiger partial charge is 0.339 e. The topological polar surface area (TPSA) is 65.0 Å². The summed E-state index contributed by atoms with van der Waals surface area (Å²) in [6, 6.07) is 3.51. The number of carbonyl (C=O) groups excluding carboxylic acids is 1. The molecule has 0 amide bonds. The highest BCUT2D eigenvalue weighted by Gasteiger charge is 2.06. The molecule has 2 aromatic rings. The molecule has 88 valence electrons. The van der Waals surface area contributed by atoms with Gasteiger partial charge in [0.05, 0.1) is 18.4 Å². The maximum atomic E-state index is 11.2. The number of aromatic nitrogens is 3. The summed E-state index contributed by atoms with van der Waals surface area (Å²) in [4.78, 5) is 19.4. The van der Waals surface area contributed by atoms with Crippen LogP contribution < -0.4 is 0 Å². The van der Waals surface area contributed by atoms with Crippen LogP contribution in [0.25, 0.3) is 0 Å². The molecule has 17 heavy (non-hydrogen) atoms.